The second-order valence-corrected chi connectivity index (χ2v) is 14.8. The highest BCUT2D eigenvalue weighted by atomic mass is 31.2. The summed E-state index contributed by atoms with van der Waals surface area (Å²) in [4.78, 5) is 56.9. The first kappa shape index (κ1) is 34.4. The Labute approximate surface area is 238 Å². The normalized spacial score (nSPS) is 14.9. The Morgan fingerprint density at radius 2 is 1.17 bits per heavy atom. The largest absolute Gasteiger partial charge is 0.507 e. The summed E-state index contributed by atoms with van der Waals surface area (Å²) in [5.41, 5.74) is -1.22. The Morgan fingerprint density at radius 1 is 0.732 bits per heavy atom. The lowest BCUT2D eigenvalue weighted by Crippen LogP contribution is -2.24. The summed E-state index contributed by atoms with van der Waals surface area (Å²) in [7, 11) is -8.77. The van der Waals surface area contributed by atoms with E-state index < -0.39 is 63.1 Å². The number of phenols is 1. The van der Waals surface area contributed by atoms with Crippen LogP contribution in [-0.4, -0.2) is 46.2 Å². The molecule has 41 heavy (non-hydrogen) atoms. The molecule has 0 radical (unpaired) electrons. The van der Waals surface area contributed by atoms with Gasteiger partial charge in [0.25, 0.3) is 0 Å². The van der Waals surface area contributed by atoms with Crippen molar-refractivity contribution in [1.29, 1.82) is 0 Å². The molecule has 0 amide bonds. The Kier molecular flexibility index (Phi) is 11.2. The number of aromatic hydroxyl groups is 1. The Hall–Kier alpha value is -2.85. The van der Waals surface area contributed by atoms with Gasteiger partial charge >= 0.3 is 27.1 Å². The van der Waals surface area contributed by atoms with Crippen LogP contribution in [0.15, 0.2) is 42.5 Å². The third-order valence-electron chi connectivity index (χ3n) is 5.57. The highest BCUT2D eigenvalue weighted by molar-refractivity contribution is 7.61. The van der Waals surface area contributed by atoms with Crippen LogP contribution >= 0.6 is 15.2 Å². The molecule has 0 aliphatic heterocycles. The van der Waals surface area contributed by atoms with Gasteiger partial charge in [0.05, 0.1) is 27.0 Å². The third-order valence-corrected chi connectivity index (χ3v) is 8.36. The van der Waals surface area contributed by atoms with Crippen LogP contribution in [0.25, 0.3) is 0 Å². The number of hydrogen-bond donors (Lipinski definition) is 3. The fraction of sp³-hybridized carbons (Fsp3) is 0.444. The maximum Gasteiger partial charge on any atom is 0.361 e. The van der Waals surface area contributed by atoms with Crippen LogP contribution < -0.4 is 10.6 Å². The van der Waals surface area contributed by atoms with Crippen molar-refractivity contribution in [3.8, 4) is 5.75 Å². The van der Waals surface area contributed by atoms with Crippen LogP contribution in [-0.2, 0) is 43.7 Å². The molecule has 0 heterocycles. The van der Waals surface area contributed by atoms with Gasteiger partial charge < -0.3 is 24.4 Å². The minimum atomic E-state index is -4.49. The number of ether oxygens (including phenoxy) is 2. The SMILES string of the molecule is CC(C)(C)C(=O)OCOP(=O)(O)c1ccc(CCC(=O)c2cc(P(=O)(O)OCOC(=O)C(C)(C)C)ccc2O)cc1. The number of esters is 2. The van der Waals surface area contributed by atoms with Crippen molar-refractivity contribution in [2.75, 3.05) is 13.6 Å². The van der Waals surface area contributed by atoms with Gasteiger partial charge in [-0.2, -0.15) is 0 Å². The van der Waals surface area contributed by atoms with Crippen molar-refractivity contribution < 1.29 is 56.9 Å². The van der Waals surface area contributed by atoms with Gasteiger partial charge in [0.1, 0.15) is 5.75 Å². The number of aryl methyl sites for hydroxylation is 1. The van der Waals surface area contributed by atoms with Crippen molar-refractivity contribution >= 4 is 43.5 Å². The van der Waals surface area contributed by atoms with Gasteiger partial charge in [0, 0.05) is 6.42 Å². The minimum absolute atomic E-state index is 0.0448. The Balaban J connectivity index is 2.00. The molecule has 2 rings (SSSR count). The zero-order valence-corrected chi connectivity index (χ0v) is 25.6. The van der Waals surface area contributed by atoms with Crippen molar-refractivity contribution in [1.82, 2.24) is 0 Å². The van der Waals surface area contributed by atoms with Crippen LogP contribution in [0.4, 0.5) is 0 Å². The van der Waals surface area contributed by atoms with E-state index in [2.05, 4.69) is 0 Å². The van der Waals surface area contributed by atoms with E-state index in [4.69, 9.17) is 18.5 Å². The Bertz CT molecular complexity index is 1350. The molecule has 2 aromatic carbocycles. The molecule has 0 aliphatic rings. The molecule has 0 fully saturated rings. The molecular formula is C27H36O12P2. The van der Waals surface area contributed by atoms with Crippen LogP contribution in [0.2, 0.25) is 0 Å². The first-order chi connectivity index (χ1) is 18.7. The number of carbonyl (C=O) groups is 3. The number of ketones is 1. The molecule has 12 nitrogen and oxygen atoms in total. The topological polar surface area (TPSA) is 183 Å². The summed E-state index contributed by atoms with van der Waals surface area (Å²) in [6.45, 7) is 8.23. The standard InChI is InChI=1S/C27H36O12P2/c1-26(2,3)24(30)36-16-38-40(32,33)19-10-7-18(8-11-19)9-13-22(28)21-15-20(12-14-23(21)29)41(34,35)39-17-37-25(31)27(4,5)6/h7-8,10-12,14-15,29H,9,13,16-17H2,1-6H3,(H,32,33)(H,34,35). The third kappa shape index (κ3) is 10.2. The van der Waals surface area contributed by atoms with Gasteiger partial charge in [-0.25, -0.2) is 0 Å². The summed E-state index contributed by atoms with van der Waals surface area (Å²) >= 11 is 0. The molecule has 0 aromatic heterocycles. The predicted octanol–water partition coefficient (Wildman–Crippen LogP) is 3.96. The molecule has 2 unspecified atom stereocenters. The first-order valence-electron chi connectivity index (χ1n) is 12.5. The summed E-state index contributed by atoms with van der Waals surface area (Å²) < 4.78 is 44.6. The van der Waals surface area contributed by atoms with Crippen LogP contribution in [0, 0.1) is 10.8 Å². The highest BCUT2D eigenvalue weighted by Crippen LogP contribution is 2.42. The smallest absolute Gasteiger partial charge is 0.361 e. The lowest BCUT2D eigenvalue weighted by Gasteiger charge is -2.18. The number of Topliss-reactive ketones (excluding diaryl/α,β-unsaturated/α-hetero) is 1. The second-order valence-electron chi connectivity index (χ2n) is 11.2. The number of rotatable bonds is 12. The molecule has 3 N–H and O–H groups in total. The van der Waals surface area contributed by atoms with Crippen LogP contribution in [0.5, 0.6) is 5.75 Å². The zero-order valence-electron chi connectivity index (χ0n) is 23.8. The number of hydrogen-bond acceptors (Lipinski definition) is 10. The number of carbonyl (C=O) groups excluding carboxylic acids is 3. The average molecular weight is 615 g/mol. The molecule has 0 aliphatic carbocycles. The summed E-state index contributed by atoms with van der Waals surface area (Å²) in [5.74, 6) is -2.17. The Morgan fingerprint density at radius 3 is 1.63 bits per heavy atom. The molecule has 14 heteroatoms. The molecule has 0 bridgehead atoms. The lowest BCUT2D eigenvalue weighted by atomic mass is 9.98. The van der Waals surface area contributed by atoms with Crippen molar-refractivity contribution in [3.05, 3.63) is 53.6 Å². The summed E-state index contributed by atoms with van der Waals surface area (Å²) in [6.07, 6.45) is 0.0742. The van der Waals surface area contributed by atoms with Crippen molar-refractivity contribution in [2.45, 2.75) is 54.4 Å². The second kappa shape index (κ2) is 13.4. The fourth-order valence-electron chi connectivity index (χ4n) is 3.05. The maximum atomic E-state index is 12.8. The van der Waals surface area contributed by atoms with Crippen molar-refractivity contribution in [2.24, 2.45) is 10.8 Å². The van der Waals surface area contributed by atoms with Gasteiger partial charge in [-0.1, -0.05) is 12.1 Å². The van der Waals surface area contributed by atoms with E-state index in [1.54, 1.807) is 41.5 Å². The molecule has 226 valence electrons. The lowest BCUT2D eigenvalue weighted by molar-refractivity contribution is -0.160. The van der Waals surface area contributed by atoms with E-state index in [1.807, 2.05) is 0 Å². The zero-order chi connectivity index (χ0) is 31.2. The minimum Gasteiger partial charge on any atom is -0.507 e. The van der Waals surface area contributed by atoms with Gasteiger partial charge in [-0.05, 0) is 83.9 Å². The molecular weight excluding hydrogens is 578 g/mol. The van der Waals surface area contributed by atoms with Gasteiger partial charge in [0.2, 0.25) is 13.6 Å². The molecule has 2 atom stereocenters. The highest BCUT2D eigenvalue weighted by Gasteiger charge is 2.29. The van der Waals surface area contributed by atoms with Crippen LogP contribution in [0.3, 0.4) is 0 Å². The van der Waals surface area contributed by atoms with Gasteiger partial charge in [-0.3, -0.25) is 32.6 Å². The van der Waals surface area contributed by atoms with E-state index >= 15 is 0 Å². The maximum absolute atomic E-state index is 12.8. The van der Waals surface area contributed by atoms with E-state index in [0.29, 0.717) is 5.56 Å². The van der Waals surface area contributed by atoms with Crippen molar-refractivity contribution in [3.63, 3.8) is 0 Å². The summed E-state index contributed by atoms with van der Waals surface area (Å²) in [6, 6.07) is 8.96. The van der Waals surface area contributed by atoms with E-state index in [-0.39, 0.29) is 29.0 Å². The van der Waals surface area contributed by atoms with E-state index in [0.717, 1.165) is 18.2 Å². The van der Waals surface area contributed by atoms with Crippen LogP contribution in [0.1, 0.15) is 63.9 Å². The first-order valence-corrected chi connectivity index (χ1v) is 15.6. The number of benzene rings is 2. The van der Waals surface area contributed by atoms with Gasteiger partial charge in [0.15, 0.2) is 5.78 Å². The molecule has 0 spiro atoms. The monoisotopic (exact) mass is 614 g/mol. The fourth-order valence-corrected chi connectivity index (χ4v) is 4.82. The predicted molar refractivity (Wildman–Crippen MR) is 149 cm³/mol. The molecule has 0 saturated carbocycles. The summed E-state index contributed by atoms with van der Waals surface area (Å²) in [5, 5.41) is 9.85. The molecule has 2 aromatic rings. The average Bonchev–Trinajstić information content (AvgIpc) is 2.86. The molecule has 0 saturated heterocycles. The van der Waals surface area contributed by atoms with E-state index in [1.165, 1.54) is 24.3 Å². The van der Waals surface area contributed by atoms with Gasteiger partial charge in [-0.15, -0.1) is 0 Å². The van der Waals surface area contributed by atoms with E-state index in [9.17, 15) is 38.4 Å². The quantitative estimate of drug-likeness (QED) is 0.136. The number of phenolic OH excluding ortho intramolecular Hbond substituents is 1.